The molecular weight excluding hydrogens is 239 g/mol. The fourth-order valence-corrected chi connectivity index (χ4v) is 1.95. The van der Waals surface area contributed by atoms with E-state index in [1.54, 1.807) is 23.5 Å². The van der Waals surface area contributed by atoms with Gasteiger partial charge in [-0.25, -0.2) is 9.18 Å². The molecule has 0 atom stereocenters. The first-order valence-electron chi connectivity index (χ1n) is 5.07. The van der Waals surface area contributed by atoms with Crippen molar-refractivity contribution in [1.82, 2.24) is 5.32 Å². The molecule has 0 fully saturated rings. The lowest BCUT2D eigenvalue weighted by Crippen LogP contribution is -2.28. The van der Waals surface area contributed by atoms with Gasteiger partial charge in [0.15, 0.2) is 0 Å². The minimum atomic E-state index is -0.446. The molecule has 88 valence electrons. The third-order valence-electron chi connectivity index (χ3n) is 2.13. The number of nitrogens with one attached hydrogen (secondary N) is 2. The number of hydrogen-bond acceptors (Lipinski definition) is 2. The van der Waals surface area contributed by atoms with Gasteiger partial charge in [0.2, 0.25) is 0 Å². The number of rotatable bonds is 3. The monoisotopic (exact) mass is 250 g/mol. The van der Waals surface area contributed by atoms with Crippen LogP contribution in [0, 0.1) is 5.82 Å². The van der Waals surface area contributed by atoms with Gasteiger partial charge in [0, 0.05) is 4.88 Å². The first kappa shape index (κ1) is 11.6. The van der Waals surface area contributed by atoms with Crippen molar-refractivity contribution in [3.63, 3.8) is 0 Å². The molecule has 1 aromatic carbocycles. The van der Waals surface area contributed by atoms with Crippen molar-refractivity contribution in [2.75, 3.05) is 5.32 Å². The van der Waals surface area contributed by atoms with Crippen LogP contribution in [0.4, 0.5) is 14.9 Å². The van der Waals surface area contributed by atoms with Crippen LogP contribution in [-0.2, 0) is 6.54 Å². The lowest BCUT2D eigenvalue weighted by Gasteiger charge is -2.07. The second kappa shape index (κ2) is 5.45. The van der Waals surface area contributed by atoms with Crippen molar-refractivity contribution < 1.29 is 9.18 Å². The normalized spacial score (nSPS) is 9.94. The summed E-state index contributed by atoms with van der Waals surface area (Å²) in [7, 11) is 0. The maximum Gasteiger partial charge on any atom is 0.319 e. The first-order valence-corrected chi connectivity index (χ1v) is 5.95. The highest BCUT2D eigenvalue weighted by Gasteiger charge is 2.05. The highest BCUT2D eigenvalue weighted by Crippen LogP contribution is 2.12. The van der Waals surface area contributed by atoms with Gasteiger partial charge < -0.3 is 10.6 Å². The molecule has 2 N–H and O–H groups in total. The van der Waals surface area contributed by atoms with Gasteiger partial charge in [0.1, 0.15) is 5.82 Å². The van der Waals surface area contributed by atoms with Gasteiger partial charge in [-0.2, -0.15) is 0 Å². The molecule has 0 saturated heterocycles. The summed E-state index contributed by atoms with van der Waals surface area (Å²) in [6.45, 7) is 0.442. The van der Waals surface area contributed by atoms with Crippen molar-refractivity contribution in [2.24, 2.45) is 0 Å². The summed E-state index contributed by atoms with van der Waals surface area (Å²) in [4.78, 5) is 12.5. The molecule has 0 radical (unpaired) electrons. The van der Waals surface area contributed by atoms with Crippen molar-refractivity contribution in [1.29, 1.82) is 0 Å². The molecule has 0 spiro atoms. The molecule has 1 heterocycles. The molecule has 0 aliphatic heterocycles. The molecule has 0 bridgehead atoms. The Bertz CT molecular complexity index is 499. The van der Waals surface area contributed by atoms with Crippen LogP contribution in [0.3, 0.4) is 0 Å². The minimum absolute atomic E-state index is 0.177. The van der Waals surface area contributed by atoms with Gasteiger partial charge in [0.25, 0.3) is 0 Å². The van der Waals surface area contributed by atoms with Gasteiger partial charge in [-0.15, -0.1) is 11.3 Å². The largest absolute Gasteiger partial charge is 0.333 e. The number of thiophene rings is 1. The third-order valence-corrected chi connectivity index (χ3v) is 3.00. The van der Waals surface area contributed by atoms with Crippen molar-refractivity contribution in [3.05, 3.63) is 52.5 Å². The lowest BCUT2D eigenvalue weighted by molar-refractivity contribution is 0.251. The number of para-hydroxylation sites is 1. The average Bonchev–Trinajstić information content (AvgIpc) is 2.82. The van der Waals surface area contributed by atoms with E-state index < -0.39 is 11.8 Å². The molecule has 1 aromatic heterocycles. The Labute approximate surface area is 102 Å². The first-order chi connectivity index (χ1) is 8.25. The number of carbonyl (C=O) groups excluding carboxylic acids is 1. The summed E-state index contributed by atoms with van der Waals surface area (Å²) in [5.41, 5.74) is 0.177. The predicted molar refractivity (Wildman–Crippen MR) is 66.6 cm³/mol. The van der Waals surface area contributed by atoms with E-state index in [1.165, 1.54) is 12.1 Å². The second-order valence-corrected chi connectivity index (χ2v) is 4.40. The Balaban J connectivity index is 1.87. The predicted octanol–water partition coefficient (Wildman–Crippen LogP) is 3.21. The zero-order valence-corrected chi connectivity index (χ0v) is 9.76. The highest BCUT2D eigenvalue weighted by molar-refractivity contribution is 7.09. The number of carbonyl (C=O) groups is 1. The van der Waals surface area contributed by atoms with Crippen LogP contribution in [0.5, 0.6) is 0 Å². The zero-order chi connectivity index (χ0) is 12.1. The van der Waals surface area contributed by atoms with Gasteiger partial charge in [-0.1, -0.05) is 18.2 Å². The van der Waals surface area contributed by atoms with E-state index in [-0.39, 0.29) is 5.69 Å². The van der Waals surface area contributed by atoms with Crippen molar-refractivity contribution in [3.8, 4) is 0 Å². The van der Waals surface area contributed by atoms with Crippen LogP contribution < -0.4 is 10.6 Å². The maximum absolute atomic E-state index is 13.2. The highest BCUT2D eigenvalue weighted by atomic mass is 32.1. The zero-order valence-electron chi connectivity index (χ0n) is 8.94. The van der Waals surface area contributed by atoms with Crippen LogP contribution in [0.15, 0.2) is 41.8 Å². The lowest BCUT2D eigenvalue weighted by atomic mass is 10.3. The van der Waals surface area contributed by atoms with Crippen molar-refractivity contribution >= 4 is 23.1 Å². The van der Waals surface area contributed by atoms with E-state index in [4.69, 9.17) is 0 Å². The number of anilines is 1. The van der Waals surface area contributed by atoms with E-state index in [2.05, 4.69) is 10.6 Å². The molecule has 2 aromatic rings. The number of benzene rings is 1. The summed E-state index contributed by atoms with van der Waals surface area (Å²) in [6.07, 6.45) is 0. The molecule has 0 unspecified atom stereocenters. The SMILES string of the molecule is O=C(NCc1cccs1)Nc1ccccc1F. The Morgan fingerprint density at radius 1 is 1.24 bits per heavy atom. The smallest absolute Gasteiger partial charge is 0.319 e. The molecule has 2 amide bonds. The molecular formula is C12H11FN2OS. The molecule has 0 aliphatic rings. The third kappa shape index (κ3) is 3.29. The van der Waals surface area contributed by atoms with Crippen molar-refractivity contribution in [2.45, 2.75) is 6.54 Å². The molecule has 0 saturated carbocycles. The van der Waals surface area contributed by atoms with E-state index in [0.29, 0.717) is 6.54 Å². The quantitative estimate of drug-likeness (QED) is 0.862. The van der Waals surface area contributed by atoms with Gasteiger partial charge >= 0.3 is 6.03 Å². The van der Waals surface area contributed by atoms with Gasteiger partial charge in [-0.3, -0.25) is 0 Å². The van der Waals surface area contributed by atoms with Crippen LogP contribution in [-0.4, -0.2) is 6.03 Å². The summed E-state index contributed by atoms with van der Waals surface area (Å²) in [6, 6.07) is 9.48. The number of halogens is 1. The van der Waals surface area contributed by atoms with E-state index in [1.807, 2.05) is 17.5 Å². The Morgan fingerprint density at radius 2 is 2.06 bits per heavy atom. The van der Waals surface area contributed by atoms with E-state index in [9.17, 15) is 9.18 Å². The maximum atomic E-state index is 13.2. The topological polar surface area (TPSA) is 41.1 Å². The Kier molecular flexibility index (Phi) is 3.72. The Morgan fingerprint density at radius 3 is 2.76 bits per heavy atom. The number of amides is 2. The molecule has 3 nitrogen and oxygen atoms in total. The fourth-order valence-electron chi connectivity index (χ4n) is 1.31. The molecule has 17 heavy (non-hydrogen) atoms. The van der Waals surface area contributed by atoms with Gasteiger partial charge in [-0.05, 0) is 23.6 Å². The van der Waals surface area contributed by atoms with Crippen LogP contribution in [0.25, 0.3) is 0 Å². The number of hydrogen-bond donors (Lipinski definition) is 2. The number of urea groups is 1. The summed E-state index contributed by atoms with van der Waals surface area (Å²) in [5.74, 6) is -0.446. The Hall–Kier alpha value is -1.88. The van der Waals surface area contributed by atoms with E-state index >= 15 is 0 Å². The summed E-state index contributed by atoms with van der Waals surface area (Å²) in [5, 5.41) is 7.04. The summed E-state index contributed by atoms with van der Waals surface area (Å²) < 4.78 is 13.2. The average molecular weight is 250 g/mol. The second-order valence-electron chi connectivity index (χ2n) is 3.37. The van der Waals surface area contributed by atoms with Crippen LogP contribution in [0.2, 0.25) is 0 Å². The minimum Gasteiger partial charge on any atom is -0.333 e. The van der Waals surface area contributed by atoms with Gasteiger partial charge in [0.05, 0.1) is 12.2 Å². The fraction of sp³-hybridized carbons (Fsp3) is 0.0833. The molecule has 2 rings (SSSR count). The standard InChI is InChI=1S/C12H11FN2OS/c13-10-5-1-2-6-11(10)15-12(16)14-8-9-4-3-7-17-9/h1-7H,8H2,(H2,14,15,16). The van der Waals surface area contributed by atoms with E-state index in [0.717, 1.165) is 4.88 Å². The molecule has 0 aliphatic carbocycles. The van der Waals surface area contributed by atoms with Crippen LogP contribution >= 0.6 is 11.3 Å². The van der Waals surface area contributed by atoms with Crippen LogP contribution in [0.1, 0.15) is 4.88 Å². The molecule has 5 heteroatoms. The summed E-state index contributed by atoms with van der Waals surface area (Å²) >= 11 is 1.56.